The van der Waals surface area contributed by atoms with Crippen LogP contribution >= 0.6 is 23.1 Å². The van der Waals surface area contributed by atoms with Crippen LogP contribution in [0, 0.1) is 0 Å². The molecule has 362 valence electrons. The quantitative estimate of drug-likeness (QED) is 0.164. The molecule has 0 amide bonds. The fourth-order valence-electron chi connectivity index (χ4n) is 13.9. The Bertz CT molecular complexity index is 4650. The molecule has 3 aliphatic heterocycles. The fourth-order valence-corrected chi connectivity index (χ4v) is 16.4. The van der Waals surface area contributed by atoms with Crippen LogP contribution in [0.4, 0.5) is 34.1 Å². The van der Waals surface area contributed by atoms with E-state index < -0.39 is 5.41 Å². The number of para-hydroxylation sites is 1. The minimum atomic E-state index is -0.542. The molecule has 0 N–H and O–H groups in total. The molecule has 1 aliphatic carbocycles. The zero-order valence-corrected chi connectivity index (χ0v) is 44.3. The van der Waals surface area contributed by atoms with E-state index >= 15 is 0 Å². The van der Waals surface area contributed by atoms with Gasteiger partial charge in [-0.1, -0.05) is 184 Å². The van der Waals surface area contributed by atoms with Gasteiger partial charge in [0.25, 0.3) is 6.71 Å². The Hall–Kier alpha value is -8.55. The molecular formula is C71H47BN2OS2. The molecule has 13 aromatic rings. The first-order chi connectivity index (χ1) is 37.8. The van der Waals surface area contributed by atoms with Crippen molar-refractivity contribution in [2.45, 2.75) is 41.4 Å². The number of hydrogen-bond acceptors (Lipinski definition) is 5. The second-order valence-electron chi connectivity index (χ2n) is 22.3. The van der Waals surface area contributed by atoms with E-state index in [1.807, 2.05) is 23.1 Å². The molecule has 0 fully saturated rings. The maximum absolute atomic E-state index is 6.53. The summed E-state index contributed by atoms with van der Waals surface area (Å²) in [5.41, 5.74) is 22.6. The van der Waals surface area contributed by atoms with E-state index in [4.69, 9.17) is 4.42 Å². The average molecular weight is 1020 g/mol. The van der Waals surface area contributed by atoms with E-state index in [1.54, 1.807) is 0 Å². The van der Waals surface area contributed by atoms with Crippen molar-refractivity contribution in [1.29, 1.82) is 0 Å². The highest BCUT2D eigenvalue weighted by Crippen LogP contribution is 2.63. The van der Waals surface area contributed by atoms with Gasteiger partial charge in [0.2, 0.25) is 0 Å². The second-order valence-corrected chi connectivity index (χ2v) is 24.5. The van der Waals surface area contributed by atoms with Crippen LogP contribution in [-0.4, -0.2) is 6.71 Å². The third kappa shape index (κ3) is 5.95. The van der Waals surface area contributed by atoms with E-state index in [0.717, 1.165) is 27.6 Å². The lowest BCUT2D eigenvalue weighted by atomic mass is 9.36. The molecule has 0 atom stereocenters. The monoisotopic (exact) mass is 1020 g/mol. The summed E-state index contributed by atoms with van der Waals surface area (Å²) in [6, 6.07) is 87.3. The van der Waals surface area contributed by atoms with Crippen molar-refractivity contribution in [3.63, 3.8) is 0 Å². The van der Waals surface area contributed by atoms with E-state index in [1.165, 1.54) is 125 Å². The summed E-state index contributed by atoms with van der Waals surface area (Å²) in [5, 5.41) is 6.00. The first kappa shape index (κ1) is 43.7. The molecule has 6 heteroatoms. The van der Waals surface area contributed by atoms with Crippen molar-refractivity contribution in [1.82, 2.24) is 0 Å². The molecular weight excluding hydrogens is 972 g/mol. The molecule has 0 bridgehead atoms. The molecule has 77 heavy (non-hydrogen) atoms. The minimum Gasteiger partial charge on any atom is -0.456 e. The van der Waals surface area contributed by atoms with Gasteiger partial charge in [-0.2, -0.15) is 0 Å². The zero-order chi connectivity index (χ0) is 50.9. The van der Waals surface area contributed by atoms with E-state index in [0.29, 0.717) is 0 Å². The van der Waals surface area contributed by atoms with E-state index in [2.05, 4.69) is 261 Å². The number of nitrogens with zero attached hydrogens (tertiary/aromatic N) is 2. The standard InChI is InChI=1S/C71H47BN2OS2/c1-70(2,3)45-32-34-58(49(38-45)42-18-5-4-6-19-42)74-60-28-17-27-59-67(60)72(69-68(74)52-36-43-20-7-8-21-44(43)37-66(52)77-69)57-41-56-50(40-61(57)73(59)46-33-35-63-51(39-46)48-23-10-14-29-62(48)75-63)47-22-9-11-24-53(47)71(56)54-25-12-15-30-64(54)76-65-31-16-13-26-55(65)71/h4-41H,1-3H3. The molecule has 0 unspecified atom stereocenters. The first-order valence-corrected chi connectivity index (χ1v) is 28.4. The summed E-state index contributed by atoms with van der Waals surface area (Å²) in [7, 11) is 0. The van der Waals surface area contributed by atoms with Crippen LogP contribution in [0.5, 0.6) is 0 Å². The SMILES string of the molecule is CC(C)(C)c1ccc(N2c3cccc4c3B(c3cc5c(cc3N4c3ccc4oc6ccccc6c4c3)-c3ccccc3C53c4ccccc4Sc4ccccc43)c3sc4cc5ccccc5cc4c32)c(-c2ccccc2)c1. The topological polar surface area (TPSA) is 19.6 Å². The third-order valence-electron chi connectivity index (χ3n) is 17.2. The number of furan rings is 1. The lowest BCUT2D eigenvalue weighted by Gasteiger charge is -2.44. The molecule has 17 rings (SSSR count). The van der Waals surface area contributed by atoms with Gasteiger partial charge in [-0.3, -0.25) is 0 Å². The lowest BCUT2D eigenvalue weighted by Crippen LogP contribution is -2.60. The average Bonchev–Trinajstić information content (AvgIpc) is 4.20. The van der Waals surface area contributed by atoms with Gasteiger partial charge in [0.05, 0.1) is 16.8 Å². The maximum atomic E-state index is 6.53. The van der Waals surface area contributed by atoms with Crippen LogP contribution in [-0.2, 0) is 10.8 Å². The largest absolute Gasteiger partial charge is 0.456 e. The maximum Gasteiger partial charge on any atom is 0.264 e. The summed E-state index contributed by atoms with van der Waals surface area (Å²) >= 11 is 3.88. The molecule has 3 nitrogen and oxygen atoms in total. The number of hydrogen-bond donors (Lipinski definition) is 0. The number of benzene rings is 11. The van der Waals surface area contributed by atoms with E-state index in [-0.39, 0.29) is 12.1 Å². The number of anilines is 6. The zero-order valence-electron chi connectivity index (χ0n) is 42.6. The van der Waals surface area contributed by atoms with Gasteiger partial charge in [-0.05, 0) is 150 Å². The molecule has 0 radical (unpaired) electrons. The summed E-state index contributed by atoms with van der Waals surface area (Å²) in [6.07, 6.45) is 0. The van der Waals surface area contributed by atoms with Gasteiger partial charge in [0, 0.05) is 63.7 Å². The van der Waals surface area contributed by atoms with Gasteiger partial charge in [-0.25, -0.2) is 0 Å². The number of fused-ring (bicyclic) bond motifs is 19. The van der Waals surface area contributed by atoms with Crippen molar-refractivity contribution in [2.75, 3.05) is 9.80 Å². The van der Waals surface area contributed by atoms with Gasteiger partial charge >= 0.3 is 0 Å². The van der Waals surface area contributed by atoms with Gasteiger partial charge < -0.3 is 14.2 Å². The molecule has 11 aromatic carbocycles. The van der Waals surface area contributed by atoms with Gasteiger partial charge in [-0.15, -0.1) is 11.3 Å². The first-order valence-electron chi connectivity index (χ1n) is 26.8. The van der Waals surface area contributed by atoms with Crippen molar-refractivity contribution < 1.29 is 4.42 Å². The smallest absolute Gasteiger partial charge is 0.264 e. The minimum absolute atomic E-state index is 0.0545. The van der Waals surface area contributed by atoms with Crippen LogP contribution in [0.2, 0.25) is 0 Å². The van der Waals surface area contributed by atoms with Crippen LogP contribution in [0.15, 0.2) is 245 Å². The molecule has 1 spiro atoms. The highest BCUT2D eigenvalue weighted by Gasteiger charge is 2.53. The Balaban J connectivity index is 1.02. The van der Waals surface area contributed by atoms with Crippen LogP contribution in [0.1, 0.15) is 48.6 Å². The van der Waals surface area contributed by atoms with Crippen molar-refractivity contribution in [2.24, 2.45) is 0 Å². The van der Waals surface area contributed by atoms with Crippen LogP contribution < -0.4 is 25.5 Å². The second kappa shape index (κ2) is 15.8. The summed E-state index contributed by atoms with van der Waals surface area (Å²) in [4.78, 5) is 7.85. The van der Waals surface area contributed by atoms with Crippen molar-refractivity contribution in [3.8, 4) is 22.3 Å². The predicted molar refractivity (Wildman–Crippen MR) is 326 cm³/mol. The highest BCUT2D eigenvalue weighted by molar-refractivity contribution is 7.99. The van der Waals surface area contributed by atoms with Crippen molar-refractivity contribution in [3.05, 3.63) is 258 Å². The van der Waals surface area contributed by atoms with Gasteiger partial charge in [0.15, 0.2) is 0 Å². The number of thiophene rings is 1. The molecule has 2 aromatic heterocycles. The van der Waals surface area contributed by atoms with Crippen LogP contribution in [0.3, 0.4) is 0 Å². The summed E-state index contributed by atoms with van der Waals surface area (Å²) in [5.74, 6) is 0. The fraction of sp³-hybridized carbons (Fsp3) is 0.0704. The normalized spacial score (nSPS) is 14.4. The Labute approximate surface area is 455 Å². The van der Waals surface area contributed by atoms with Crippen molar-refractivity contribution >= 4 is 122 Å². The Morgan fingerprint density at radius 1 is 0.455 bits per heavy atom. The number of rotatable bonds is 3. The molecule has 0 saturated carbocycles. The van der Waals surface area contributed by atoms with Crippen LogP contribution in [0.25, 0.3) is 65.1 Å². The Morgan fingerprint density at radius 2 is 1.13 bits per heavy atom. The highest BCUT2D eigenvalue weighted by atomic mass is 32.2. The third-order valence-corrected chi connectivity index (χ3v) is 19.6. The predicted octanol–water partition coefficient (Wildman–Crippen LogP) is 17.8. The Morgan fingerprint density at radius 3 is 1.92 bits per heavy atom. The van der Waals surface area contributed by atoms with Gasteiger partial charge in [0.1, 0.15) is 11.2 Å². The summed E-state index contributed by atoms with van der Waals surface area (Å²) < 4.78 is 9.18. The molecule has 0 saturated heterocycles. The molecule has 4 aliphatic rings. The summed E-state index contributed by atoms with van der Waals surface area (Å²) in [6.45, 7) is 6.87. The van der Waals surface area contributed by atoms with E-state index in [9.17, 15) is 0 Å². The molecule has 5 heterocycles. The lowest BCUT2D eigenvalue weighted by molar-refractivity contribution is 0.590. The Kier molecular flexibility index (Phi) is 8.94.